The molecular formula is C22H23F2N3O5S. The highest BCUT2D eigenvalue weighted by atomic mass is 32.1. The minimum atomic E-state index is -0.832. The molecule has 2 amide bonds. The van der Waals surface area contributed by atoms with E-state index in [1.807, 2.05) is 0 Å². The summed E-state index contributed by atoms with van der Waals surface area (Å²) in [6, 6.07) is 2.51. The summed E-state index contributed by atoms with van der Waals surface area (Å²) in [5, 5.41) is 12.2. The lowest BCUT2D eigenvalue weighted by atomic mass is 10.1. The van der Waals surface area contributed by atoms with Crippen molar-refractivity contribution in [2.75, 3.05) is 13.2 Å². The largest absolute Gasteiger partial charge is 0.510 e. The Kier molecular flexibility index (Phi) is 6.19. The fourth-order valence-electron chi connectivity index (χ4n) is 4.58. The number of hydrogen-bond donors (Lipinski definition) is 3. The highest BCUT2D eigenvalue weighted by molar-refractivity contribution is 7.81. The van der Waals surface area contributed by atoms with Gasteiger partial charge in [-0.05, 0) is 26.3 Å². The van der Waals surface area contributed by atoms with Gasteiger partial charge in [0.05, 0.1) is 12.6 Å². The normalized spacial score (nSPS) is 27.3. The summed E-state index contributed by atoms with van der Waals surface area (Å²) in [6.45, 7) is 2.97. The Balaban J connectivity index is 1.73. The van der Waals surface area contributed by atoms with Crippen LogP contribution in [0.25, 0.3) is 0 Å². The third-order valence-electron chi connectivity index (χ3n) is 5.97. The van der Waals surface area contributed by atoms with Crippen LogP contribution in [0.2, 0.25) is 0 Å². The molecule has 11 heteroatoms. The van der Waals surface area contributed by atoms with Crippen LogP contribution in [-0.2, 0) is 25.7 Å². The zero-order chi connectivity index (χ0) is 24.0. The van der Waals surface area contributed by atoms with Crippen molar-refractivity contribution in [1.29, 1.82) is 0 Å². The molecule has 3 fully saturated rings. The molecule has 33 heavy (non-hydrogen) atoms. The number of rotatable bonds is 4. The summed E-state index contributed by atoms with van der Waals surface area (Å²) < 4.78 is 32.9. The van der Waals surface area contributed by atoms with Crippen LogP contribution >= 0.6 is 12.6 Å². The van der Waals surface area contributed by atoms with Crippen LogP contribution in [0, 0.1) is 11.6 Å². The van der Waals surface area contributed by atoms with Crippen LogP contribution < -0.4 is 5.32 Å². The molecule has 8 nitrogen and oxygen atoms in total. The number of nitrogens with zero attached hydrogens (tertiary/aromatic N) is 2. The Morgan fingerprint density at radius 1 is 1.30 bits per heavy atom. The third kappa shape index (κ3) is 3.99. The Hall–Kier alpha value is -2.92. The molecule has 0 aliphatic carbocycles. The van der Waals surface area contributed by atoms with Crippen LogP contribution in [-0.4, -0.2) is 63.2 Å². The van der Waals surface area contributed by atoms with Gasteiger partial charge in [-0.15, -0.1) is 0 Å². The quantitative estimate of drug-likeness (QED) is 0.200. The molecule has 176 valence electrons. The van der Waals surface area contributed by atoms with Gasteiger partial charge in [0.1, 0.15) is 28.7 Å². The van der Waals surface area contributed by atoms with E-state index in [1.54, 1.807) is 0 Å². The second kappa shape index (κ2) is 8.79. The van der Waals surface area contributed by atoms with E-state index in [4.69, 9.17) is 4.74 Å². The molecule has 3 unspecified atom stereocenters. The second-order valence-corrected chi connectivity index (χ2v) is 8.74. The molecule has 3 saturated heterocycles. The number of nitrogens with one attached hydrogen (secondary N) is 1. The zero-order valence-electron chi connectivity index (χ0n) is 18.0. The zero-order valence-corrected chi connectivity index (χ0v) is 18.9. The van der Waals surface area contributed by atoms with Gasteiger partial charge in [0.2, 0.25) is 0 Å². The number of aliphatic hydroxyl groups is 1. The van der Waals surface area contributed by atoms with Gasteiger partial charge in [0, 0.05) is 35.7 Å². The average molecular weight is 480 g/mol. The first-order valence-electron chi connectivity index (χ1n) is 10.4. The van der Waals surface area contributed by atoms with Gasteiger partial charge < -0.3 is 25.0 Å². The predicted molar refractivity (Wildman–Crippen MR) is 116 cm³/mol. The molecule has 0 bridgehead atoms. The minimum absolute atomic E-state index is 0.0376. The summed E-state index contributed by atoms with van der Waals surface area (Å²) in [7, 11) is 0. The number of carbonyl (C=O) groups excluding carboxylic acids is 3. The number of benzene rings is 1. The fourth-order valence-corrected chi connectivity index (χ4v) is 5.05. The van der Waals surface area contributed by atoms with Crippen molar-refractivity contribution < 1.29 is 33.0 Å². The molecule has 3 atom stereocenters. The number of allylic oxidation sites excluding steroid dienone is 1. The fraction of sp³-hybridized carbons (Fsp3) is 0.409. The average Bonchev–Trinajstić information content (AvgIpc) is 3.33. The highest BCUT2D eigenvalue weighted by Crippen LogP contribution is 2.44. The van der Waals surface area contributed by atoms with E-state index < -0.39 is 46.8 Å². The number of halogens is 2. The van der Waals surface area contributed by atoms with Gasteiger partial charge in [-0.1, -0.05) is 6.07 Å². The van der Waals surface area contributed by atoms with Crippen LogP contribution in [0.4, 0.5) is 8.78 Å². The van der Waals surface area contributed by atoms with Gasteiger partial charge >= 0.3 is 0 Å². The number of ketones is 1. The number of carbonyl (C=O) groups is 3. The van der Waals surface area contributed by atoms with E-state index in [0.29, 0.717) is 25.6 Å². The van der Waals surface area contributed by atoms with Crippen LogP contribution in [0.3, 0.4) is 0 Å². The Bertz CT molecular complexity index is 1100. The van der Waals surface area contributed by atoms with E-state index in [0.717, 1.165) is 6.07 Å². The van der Waals surface area contributed by atoms with E-state index in [1.165, 1.54) is 29.7 Å². The summed E-state index contributed by atoms with van der Waals surface area (Å²) in [5.41, 5.74) is -0.0680. The van der Waals surface area contributed by atoms with Gasteiger partial charge in [-0.3, -0.25) is 14.4 Å². The van der Waals surface area contributed by atoms with Gasteiger partial charge in [-0.2, -0.15) is 12.6 Å². The molecule has 3 aliphatic heterocycles. The predicted octanol–water partition coefficient (Wildman–Crippen LogP) is 1.78. The molecule has 0 radical (unpaired) electrons. The van der Waals surface area contributed by atoms with E-state index in [-0.39, 0.29) is 34.8 Å². The lowest BCUT2D eigenvalue weighted by Crippen LogP contribution is -2.56. The molecule has 4 rings (SSSR count). The first-order chi connectivity index (χ1) is 15.6. The third-order valence-corrected chi connectivity index (χ3v) is 6.42. The number of thiol groups is 1. The van der Waals surface area contributed by atoms with Crippen molar-refractivity contribution in [3.63, 3.8) is 0 Å². The maximum atomic E-state index is 14.0. The number of amides is 2. The van der Waals surface area contributed by atoms with Crippen LogP contribution in [0.5, 0.6) is 0 Å². The lowest BCUT2D eigenvalue weighted by molar-refractivity contribution is -0.143. The smallest absolute Gasteiger partial charge is 0.276 e. The topological polar surface area (TPSA) is 99.2 Å². The Morgan fingerprint density at radius 2 is 2.03 bits per heavy atom. The summed E-state index contributed by atoms with van der Waals surface area (Å²) >= 11 is 4.58. The molecule has 2 N–H and O–H groups in total. The number of Topliss-reactive ketones (excluding diaryl/α,β-unsaturated/α-hetero) is 1. The van der Waals surface area contributed by atoms with Crippen molar-refractivity contribution in [2.45, 2.75) is 44.3 Å². The molecule has 0 saturated carbocycles. The molecule has 1 aromatic rings. The number of fused-ring (bicyclic) bond motifs is 3. The maximum Gasteiger partial charge on any atom is 0.276 e. The lowest BCUT2D eigenvalue weighted by Gasteiger charge is -2.42. The Labute approximate surface area is 194 Å². The first-order valence-corrected chi connectivity index (χ1v) is 10.9. The van der Waals surface area contributed by atoms with Gasteiger partial charge in [0.15, 0.2) is 12.0 Å². The summed E-state index contributed by atoms with van der Waals surface area (Å²) in [5.74, 6) is -3.68. The van der Waals surface area contributed by atoms with Crippen molar-refractivity contribution in [2.24, 2.45) is 0 Å². The van der Waals surface area contributed by atoms with E-state index in [9.17, 15) is 28.3 Å². The molecule has 3 aliphatic rings. The summed E-state index contributed by atoms with van der Waals surface area (Å²) in [6.07, 6.45) is -0.238. The molecule has 3 heterocycles. The minimum Gasteiger partial charge on any atom is -0.510 e. The molecule has 1 aromatic carbocycles. The maximum absolute atomic E-state index is 14.0. The number of aliphatic hydroxyl groups excluding tert-OH is 1. The Morgan fingerprint density at radius 3 is 2.67 bits per heavy atom. The van der Waals surface area contributed by atoms with Crippen molar-refractivity contribution in [1.82, 2.24) is 15.1 Å². The number of hydrogen-bond acceptors (Lipinski definition) is 7. The second-order valence-electron chi connectivity index (χ2n) is 8.12. The molecule has 0 aromatic heterocycles. The van der Waals surface area contributed by atoms with E-state index >= 15 is 0 Å². The van der Waals surface area contributed by atoms with Crippen molar-refractivity contribution in [3.05, 3.63) is 58.1 Å². The number of piperazine rings is 1. The van der Waals surface area contributed by atoms with E-state index in [2.05, 4.69) is 17.9 Å². The van der Waals surface area contributed by atoms with Crippen LogP contribution in [0.1, 0.15) is 25.8 Å². The molecular weight excluding hydrogens is 456 g/mol. The standard InChI is InChI=1S/C22H23F2N3O5S/c1-10(28)17(20(30)25-9-12-3-4-13(23)7-14(12)24)19-16(33)8-15-22-26(5-6-32-22)21(31)18(11(2)29)27(15)19/h3-4,7,15-16,22,29,33H,5-6,8-9H2,1-2H3,(H,25,30)/b18-11+,19-17+. The van der Waals surface area contributed by atoms with Crippen LogP contribution in [0.15, 0.2) is 40.9 Å². The van der Waals surface area contributed by atoms with Gasteiger partial charge in [-0.25, -0.2) is 8.78 Å². The van der Waals surface area contributed by atoms with Crippen molar-refractivity contribution in [3.8, 4) is 0 Å². The summed E-state index contributed by atoms with van der Waals surface area (Å²) in [4.78, 5) is 41.7. The highest BCUT2D eigenvalue weighted by Gasteiger charge is 2.54. The van der Waals surface area contributed by atoms with Gasteiger partial charge in [0.25, 0.3) is 11.8 Å². The SMILES string of the molecule is CC(=O)/C(C(=O)NCc1ccc(F)cc1F)=C1/C(S)CC2C3OCCN3C(=O)/C(=C(/C)O)N12. The number of ether oxygens (including phenoxy) is 1. The molecule has 0 spiro atoms. The van der Waals surface area contributed by atoms with Crippen molar-refractivity contribution >= 4 is 30.2 Å². The monoisotopic (exact) mass is 479 g/mol. The first kappa shape index (κ1) is 23.2.